The van der Waals surface area contributed by atoms with Gasteiger partial charge in [-0.25, -0.2) is 4.79 Å². The van der Waals surface area contributed by atoms with Crippen LogP contribution in [0.15, 0.2) is 11.6 Å². The SMILES string of the molecule is CCN(CC)C(=O)C(=O)O[C@@H](C)[C@H]1CC[C@H]2[C@@H]3CC=C4C[C@@H](O)CC[C@]4(C)[C@H]3CC[C@]12C. The van der Waals surface area contributed by atoms with Gasteiger partial charge in [-0.2, -0.15) is 0 Å². The van der Waals surface area contributed by atoms with Gasteiger partial charge in [0.05, 0.1) is 6.10 Å². The molecule has 0 aromatic rings. The molecule has 8 atom stereocenters. The number of carbonyl (C=O) groups excluding carboxylic acids is 2. The van der Waals surface area contributed by atoms with Crippen LogP contribution in [-0.4, -0.2) is 47.2 Å². The summed E-state index contributed by atoms with van der Waals surface area (Å²) in [6.45, 7) is 11.7. The Morgan fingerprint density at radius 2 is 1.84 bits per heavy atom. The molecule has 32 heavy (non-hydrogen) atoms. The van der Waals surface area contributed by atoms with E-state index in [-0.39, 0.29) is 23.0 Å². The number of likely N-dealkylation sites (N-methyl/N-ethyl adjacent to an activating group) is 1. The predicted octanol–water partition coefficient (Wildman–Crippen LogP) is 4.73. The number of fused-ring (bicyclic) bond motifs is 5. The zero-order valence-electron chi connectivity index (χ0n) is 20.7. The van der Waals surface area contributed by atoms with Crippen molar-refractivity contribution in [2.75, 3.05) is 13.1 Å². The van der Waals surface area contributed by atoms with Gasteiger partial charge >= 0.3 is 11.9 Å². The molecule has 0 spiro atoms. The van der Waals surface area contributed by atoms with E-state index in [4.69, 9.17) is 4.74 Å². The zero-order valence-corrected chi connectivity index (χ0v) is 20.7. The van der Waals surface area contributed by atoms with Gasteiger partial charge in [0.2, 0.25) is 0 Å². The number of aliphatic hydroxyl groups excluding tert-OH is 1. The second-order valence-corrected chi connectivity index (χ2v) is 11.5. The lowest BCUT2D eigenvalue weighted by atomic mass is 9.47. The minimum Gasteiger partial charge on any atom is -0.455 e. The summed E-state index contributed by atoms with van der Waals surface area (Å²) < 4.78 is 5.78. The molecule has 0 aromatic heterocycles. The summed E-state index contributed by atoms with van der Waals surface area (Å²) in [4.78, 5) is 26.5. The summed E-state index contributed by atoms with van der Waals surface area (Å²) in [6.07, 6.45) is 10.7. The molecule has 0 unspecified atom stereocenters. The lowest BCUT2D eigenvalue weighted by molar-refractivity contribution is -0.167. The maximum Gasteiger partial charge on any atom is 0.397 e. The molecule has 0 saturated heterocycles. The van der Waals surface area contributed by atoms with Crippen LogP contribution in [0.1, 0.15) is 86.0 Å². The molecular weight excluding hydrogens is 402 g/mol. The molecular formula is C27H43NO4. The molecule has 1 N–H and O–H groups in total. The Morgan fingerprint density at radius 3 is 2.53 bits per heavy atom. The normalized spacial score (nSPS) is 41.6. The Morgan fingerprint density at radius 1 is 1.12 bits per heavy atom. The zero-order chi connectivity index (χ0) is 23.3. The van der Waals surface area contributed by atoms with E-state index in [1.54, 1.807) is 0 Å². The molecule has 180 valence electrons. The first-order chi connectivity index (χ1) is 15.2. The maximum absolute atomic E-state index is 12.5. The van der Waals surface area contributed by atoms with Crippen molar-refractivity contribution in [3.8, 4) is 0 Å². The number of carbonyl (C=O) groups is 2. The van der Waals surface area contributed by atoms with Crippen LogP contribution in [0.2, 0.25) is 0 Å². The van der Waals surface area contributed by atoms with Crippen LogP contribution < -0.4 is 0 Å². The third kappa shape index (κ3) is 3.73. The monoisotopic (exact) mass is 445 g/mol. The van der Waals surface area contributed by atoms with E-state index in [0.29, 0.717) is 36.8 Å². The second kappa shape index (κ2) is 8.77. The highest BCUT2D eigenvalue weighted by Gasteiger charge is 2.59. The fourth-order valence-corrected chi connectivity index (χ4v) is 8.39. The number of hydrogen-bond acceptors (Lipinski definition) is 4. The van der Waals surface area contributed by atoms with Crippen molar-refractivity contribution in [3.63, 3.8) is 0 Å². The Labute approximate surface area is 194 Å². The van der Waals surface area contributed by atoms with Crippen LogP contribution in [0.4, 0.5) is 0 Å². The Bertz CT molecular complexity index is 774. The third-order valence-electron chi connectivity index (χ3n) is 10.2. The van der Waals surface area contributed by atoms with Crippen LogP contribution in [0.25, 0.3) is 0 Å². The average molecular weight is 446 g/mol. The molecule has 0 heterocycles. The molecule has 5 nitrogen and oxygen atoms in total. The molecule has 4 aliphatic rings. The van der Waals surface area contributed by atoms with Crippen LogP contribution in [0, 0.1) is 34.5 Å². The average Bonchev–Trinajstić information content (AvgIpc) is 3.12. The first-order valence-electron chi connectivity index (χ1n) is 13.0. The lowest BCUT2D eigenvalue weighted by Crippen LogP contribution is -2.51. The van der Waals surface area contributed by atoms with Crippen molar-refractivity contribution in [3.05, 3.63) is 11.6 Å². The third-order valence-corrected chi connectivity index (χ3v) is 10.2. The fourth-order valence-electron chi connectivity index (χ4n) is 8.39. The van der Waals surface area contributed by atoms with Gasteiger partial charge in [-0.05, 0) is 101 Å². The van der Waals surface area contributed by atoms with Crippen LogP contribution in [0.3, 0.4) is 0 Å². The van der Waals surface area contributed by atoms with E-state index in [1.165, 1.54) is 29.7 Å². The van der Waals surface area contributed by atoms with E-state index >= 15 is 0 Å². The minimum atomic E-state index is -0.694. The fraction of sp³-hybridized carbons (Fsp3) is 0.852. The Balaban J connectivity index is 1.48. The molecule has 0 bridgehead atoms. The van der Waals surface area contributed by atoms with Crippen molar-refractivity contribution in [2.24, 2.45) is 34.5 Å². The number of esters is 1. The quantitative estimate of drug-likeness (QED) is 0.386. The van der Waals surface area contributed by atoms with Crippen molar-refractivity contribution >= 4 is 11.9 Å². The van der Waals surface area contributed by atoms with Crippen molar-refractivity contribution in [1.29, 1.82) is 0 Å². The van der Waals surface area contributed by atoms with Gasteiger partial charge in [0.25, 0.3) is 0 Å². The van der Waals surface area contributed by atoms with Crippen LogP contribution in [-0.2, 0) is 14.3 Å². The number of rotatable bonds is 4. The molecule has 0 aromatic carbocycles. The first-order valence-corrected chi connectivity index (χ1v) is 13.0. The Hall–Kier alpha value is -1.36. The predicted molar refractivity (Wildman–Crippen MR) is 125 cm³/mol. The summed E-state index contributed by atoms with van der Waals surface area (Å²) in [5.74, 6) is 1.14. The van der Waals surface area contributed by atoms with Gasteiger partial charge in [0.1, 0.15) is 6.10 Å². The molecule has 3 saturated carbocycles. The summed E-state index contributed by atoms with van der Waals surface area (Å²) >= 11 is 0. The van der Waals surface area contributed by atoms with E-state index < -0.39 is 11.9 Å². The molecule has 4 rings (SSSR count). The molecule has 0 radical (unpaired) electrons. The van der Waals surface area contributed by atoms with Crippen LogP contribution in [0.5, 0.6) is 0 Å². The first kappa shape index (κ1) is 23.8. The smallest absolute Gasteiger partial charge is 0.397 e. The van der Waals surface area contributed by atoms with Gasteiger partial charge in [-0.1, -0.05) is 25.5 Å². The summed E-state index contributed by atoms with van der Waals surface area (Å²) in [5, 5.41) is 10.2. The second-order valence-electron chi connectivity index (χ2n) is 11.5. The number of amides is 1. The number of nitrogens with zero attached hydrogens (tertiary/aromatic N) is 1. The highest BCUT2D eigenvalue weighted by atomic mass is 16.5. The number of allylic oxidation sites excluding steroid dienone is 1. The standard InChI is InChI=1S/C27H43NO4/c1-6-28(7-2)24(30)25(31)32-17(3)21-10-11-22-20-9-8-18-16-19(29)12-14-26(18,4)23(20)13-15-27(21,22)5/h8,17,19-23,29H,6-7,9-16H2,1-5H3/t17-,19-,20-,21+,22-,23-,26-,27+/m0/s1. The number of hydrogen-bond donors (Lipinski definition) is 1. The summed E-state index contributed by atoms with van der Waals surface area (Å²) in [7, 11) is 0. The van der Waals surface area contributed by atoms with Crippen LogP contribution >= 0.6 is 0 Å². The maximum atomic E-state index is 12.5. The van der Waals surface area contributed by atoms with Gasteiger partial charge in [-0.3, -0.25) is 4.79 Å². The van der Waals surface area contributed by atoms with E-state index in [9.17, 15) is 14.7 Å². The number of aliphatic hydroxyl groups is 1. The molecule has 1 amide bonds. The highest BCUT2D eigenvalue weighted by Crippen LogP contribution is 2.66. The van der Waals surface area contributed by atoms with Crippen molar-refractivity contribution in [1.82, 2.24) is 4.90 Å². The van der Waals surface area contributed by atoms with Gasteiger partial charge < -0.3 is 14.7 Å². The molecule has 0 aliphatic heterocycles. The highest BCUT2D eigenvalue weighted by molar-refractivity contribution is 6.32. The summed E-state index contributed by atoms with van der Waals surface area (Å²) in [5.41, 5.74) is 1.91. The lowest BCUT2D eigenvalue weighted by Gasteiger charge is -2.58. The van der Waals surface area contributed by atoms with Gasteiger partial charge in [0, 0.05) is 19.0 Å². The van der Waals surface area contributed by atoms with Crippen molar-refractivity contribution < 1.29 is 19.4 Å². The Kier molecular flexibility index (Phi) is 6.52. The minimum absolute atomic E-state index is 0.162. The van der Waals surface area contributed by atoms with Crippen molar-refractivity contribution in [2.45, 2.75) is 98.2 Å². The number of ether oxygens (including phenoxy) is 1. The molecule has 5 heteroatoms. The summed E-state index contributed by atoms with van der Waals surface area (Å²) in [6, 6.07) is 0. The van der Waals surface area contributed by atoms with Gasteiger partial charge in [-0.15, -0.1) is 0 Å². The van der Waals surface area contributed by atoms with E-state index in [0.717, 1.165) is 32.1 Å². The van der Waals surface area contributed by atoms with E-state index in [1.807, 2.05) is 20.8 Å². The molecule has 4 aliphatic carbocycles. The molecule has 3 fully saturated rings. The van der Waals surface area contributed by atoms with Gasteiger partial charge in [0.15, 0.2) is 0 Å². The van der Waals surface area contributed by atoms with E-state index in [2.05, 4.69) is 19.9 Å². The topological polar surface area (TPSA) is 66.8 Å². The largest absolute Gasteiger partial charge is 0.455 e.